The van der Waals surface area contributed by atoms with Gasteiger partial charge >= 0.3 is 0 Å². The van der Waals surface area contributed by atoms with Crippen LogP contribution in [0.4, 0.5) is 0 Å². The zero-order valence-electron chi connectivity index (χ0n) is 17.3. The molecule has 0 radical (unpaired) electrons. The molecule has 6 nitrogen and oxygen atoms in total. The van der Waals surface area contributed by atoms with E-state index in [0.717, 1.165) is 51.8 Å². The van der Waals surface area contributed by atoms with Crippen molar-refractivity contribution in [3.8, 4) is 5.75 Å². The third kappa shape index (κ3) is 4.42. The molecular weight excluding hydrogens is 368 g/mol. The molecule has 4 rings (SSSR count). The molecule has 0 saturated carbocycles. The number of carbonyl (C=O) groups excluding carboxylic acids is 2. The van der Waals surface area contributed by atoms with Crippen LogP contribution in [0.3, 0.4) is 0 Å². The van der Waals surface area contributed by atoms with Crippen LogP contribution in [0.2, 0.25) is 0 Å². The predicted octanol–water partition coefficient (Wildman–Crippen LogP) is 3.11. The van der Waals surface area contributed by atoms with E-state index in [-0.39, 0.29) is 24.0 Å². The van der Waals surface area contributed by atoms with Crippen LogP contribution >= 0.6 is 0 Å². The number of ether oxygens (including phenoxy) is 2. The number of hydrogen-bond donors (Lipinski definition) is 0. The first-order valence-corrected chi connectivity index (χ1v) is 11.1. The van der Waals surface area contributed by atoms with Gasteiger partial charge in [-0.05, 0) is 50.7 Å². The normalized spacial score (nSPS) is 26.9. The van der Waals surface area contributed by atoms with E-state index in [0.29, 0.717) is 36.8 Å². The number of nitrogens with zero attached hydrogens (tertiary/aromatic N) is 2. The van der Waals surface area contributed by atoms with Crippen LogP contribution in [-0.4, -0.2) is 66.6 Å². The fourth-order valence-electron chi connectivity index (χ4n) is 5.01. The van der Waals surface area contributed by atoms with Crippen molar-refractivity contribution in [3.05, 3.63) is 29.8 Å². The number of likely N-dealkylation sites (tertiary alicyclic amines) is 2. The van der Waals surface area contributed by atoms with Gasteiger partial charge in [-0.3, -0.25) is 9.59 Å². The first kappa shape index (κ1) is 20.2. The van der Waals surface area contributed by atoms with Crippen molar-refractivity contribution in [2.75, 3.05) is 32.8 Å². The lowest BCUT2D eigenvalue weighted by Crippen LogP contribution is -2.45. The maximum absolute atomic E-state index is 13.5. The van der Waals surface area contributed by atoms with Gasteiger partial charge in [0.25, 0.3) is 5.91 Å². The highest BCUT2D eigenvalue weighted by atomic mass is 16.5. The summed E-state index contributed by atoms with van der Waals surface area (Å²) in [7, 11) is 0. The summed E-state index contributed by atoms with van der Waals surface area (Å²) in [6, 6.07) is 7.58. The molecule has 3 aliphatic rings. The Morgan fingerprint density at radius 2 is 2.00 bits per heavy atom. The number of carbonyl (C=O) groups is 2. The SMILES string of the molecule is CCOc1ccccc1C(=O)N1CCCC[C@H]2CN(C(=O)C[C@@H]3CCCO3)C[C@H]21. The van der Waals surface area contributed by atoms with E-state index < -0.39 is 0 Å². The third-order valence-corrected chi connectivity index (χ3v) is 6.49. The van der Waals surface area contributed by atoms with E-state index in [2.05, 4.69) is 0 Å². The molecule has 3 atom stereocenters. The Bertz CT molecular complexity index is 731. The summed E-state index contributed by atoms with van der Waals surface area (Å²) >= 11 is 0. The van der Waals surface area contributed by atoms with Crippen LogP contribution in [0.1, 0.15) is 55.8 Å². The summed E-state index contributed by atoms with van der Waals surface area (Å²) < 4.78 is 11.3. The van der Waals surface area contributed by atoms with Crippen LogP contribution in [0, 0.1) is 5.92 Å². The highest BCUT2D eigenvalue weighted by molar-refractivity contribution is 5.97. The zero-order chi connectivity index (χ0) is 20.2. The highest BCUT2D eigenvalue weighted by Gasteiger charge is 2.42. The van der Waals surface area contributed by atoms with Crippen LogP contribution < -0.4 is 4.74 Å². The average Bonchev–Trinajstić information content (AvgIpc) is 3.35. The molecule has 0 N–H and O–H groups in total. The Hall–Kier alpha value is -2.08. The maximum atomic E-state index is 13.5. The molecule has 1 aromatic rings. The first-order valence-electron chi connectivity index (χ1n) is 11.1. The van der Waals surface area contributed by atoms with Gasteiger partial charge in [0.05, 0.1) is 30.7 Å². The van der Waals surface area contributed by atoms with E-state index in [4.69, 9.17) is 9.47 Å². The van der Waals surface area contributed by atoms with E-state index in [9.17, 15) is 9.59 Å². The lowest BCUT2D eigenvalue weighted by Gasteiger charge is -2.30. The average molecular weight is 401 g/mol. The van der Waals surface area contributed by atoms with Crippen molar-refractivity contribution in [2.45, 2.75) is 57.6 Å². The molecule has 3 aliphatic heterocycles. The van der Waals surface area contributed by atoms with Gasteiger partial charge in [-0.15, -0.1) is 0 Å². The summed E-state index contributed by atoms with van der Waals surface area (Å²) in [5.74, 6) is 1.20. The molecule has 3 fully saturated rings. The largest absolute Gasteiger partial charge is 0.493 e. The summed E-state index contributed by atoms with van der Waals surface area (Å²) in [4.78, 5) is 30.3. The molecule has 0 unspecified atom stereocenters. The quantitative estimate of drug-likeness (QED) is 0.762. The first-order chi connectivity index (χ1) is 14.2. The Balaban J connectivity index is 1.49. The van der Waals surface area contributed by atoms with Crippen molar-refractivity contribution in [1.82, 2.24) is 9.80 Å². The molecule has 158 valence electrons. The number of fused-ring (bicyclic) bond motifs is 1. The third-order valence-electron chi connectivity index (χ3n) is 6.49. The van der Waals surface area contributed by atoms with Gasteiger partial charge in [0.15, 0.2) is 0 Å². The predicted molar refractivity (Wildman–Crippen MR) is 110 cm³/mol. The molecule has 29 heavy (non-hydrogen) atoms. The van der Waals surface area contributed by atoms with Crippen molar-refractivity contribution < 1.29 is 19.1 Å². The summed E-state index contributed by atoms with van der Waals surface area (Å²) in [5.41, 5.74) is 0.624. The number of hydrogen-bond acceptors (Lipinski definition) is 4. The Morgan fingerprint density at radius 3 is 2.79 bits per heavy atom. The van der Waals surface area contributed by atoms with Gasteiger partial charge in [-0.25, -0.2) is 0 Å². The molecule has 0 bridgehead atoms. The van der Waals surface area contributed by atoms with E-state index in [1.165, 1.54) is 0 Å². The fourth-order valence-corrected chi connectivity index (χ4v) is 5.01. The summed E-state index contributed by atoms with van der Waals surface area (Å²) in [6.45, 7) is 5.37. The smallest absolute Gasteiger partial charge is 0.257 e. The number of benzene rings is 1. The second kappa shape index (κ2) is 9.16. The van der Waals surface area contributed by atoms with Gasteiger partial charge in [0.1, 0.15) is 5.75 Å². The molecule has 0 spiro atoms. The minimum Gasteiger partial charge on any atom is -0.493 e. The van der Waals surface area contributed by atoms with Crippen molar-refractivity contribution >= 4 is 11.8 Å². The van der Waals surface area contributed by atoms with Crippen molar-refractivity contribution in [2.24, 2.45) is 5.92 Å². The van der Waals surface area contributed by atoms with Crippen LogP contribution in [-0.2, 0) is 9.53 Å². The van der Waals surface area contributed by atoms with Crippen LogP contribution in [0.15, 0.2) is 24.3 Å². The minimum atomic E-state index is 0.0272. The van der Waals surface area contributed by atoms with Crippen LogP contribution in [0.25, 0.3) is 0 Å². The molecule has 2 amide bonds. The van der Waals surface area contributed by atoms with Gasteiger partial charge < -0.3 is 19.3 Å². The second-order valence-corrected chi connectivity index (χ2v) is 8.39. The Kier molecular flexibility index (Phi) is 6.38. The molecule has 3 saturated heterocycles. The van der Waals surface area contributed by atoms with Gasteiger partial charge in [0.2, 0.25) is 5.91 Å². The van der Waals surface area contributed by atoms with Gasteiger partial charge in [-0.1, -0.05) is 18.6 Å². The van der Waals surface area contributed by atoms with E-state index in [1.54, 1.807) is 0 Å². The molecule has 1 aromatic carbocycles. The zero-order valence-corrected chi connectivity index (χ0v) is 17.3. The Morgan fingerprint density at radius 1 is 1.14 bits per heavy atom. The Labute approximate surface area is 173 Å². The lowest BCUT2D eigenvalue weighted by molar-refractivity contribution is -0.132. The van der Waals surface area contributed by atoms with Gasteiger partial charge in [0, 0.05) is 26.2 Å². The fraction of sp³-hybridized carbons (Fsp3) is 0.652. The second-order valence-electron chi connectivity index (χ2n) is 8.39. The lowest BCUT2D eigenvalue weighted by atomic mass is 9.98. The number of amides is 2. The molecule has 0 aromatic heterocycles. The summed E-state index contributed by atoms with van der Waals surface area (Å²) in [6.07, 6.45) is 5.76. The molecule has 3 heterocycles. The number of rotatable bonds is 5. The molecule has 0 aliphatic carbocycles. The topological polar surface area (TPSA) is 59.1 Å². The van der Waals surface area contributed by atoms with E-state index >= 15 is 0 Å². The highest BCUT2D eigenvalue weighted by Crippen LogP contribution is 2.33. The van der Waals surface area contributed by atoms with Crippen LogP contribution in [0.5, 0.6) is 5.75 Å². The monoisotopic (exact) mass is 400 g/mol. The van der Waals surface area contributed by atoms with Gasteiger partial charge in [-0.2, -0.15) is 0 Å². The maximum Gasteiger partial charge on any atom is 0.257 e. The minimum absolute atomic E-state index is 0.0272. The molecular formula is C23H32N2O4. The standard InChI is InChI=1S/C23H32N2O4/c1-2-28-21-11-4-3-10-19(21)23(27)25-12-6-5-8-17-15-24(16-20(17)25)22(26)14-18-9-7-13-29-18/h3-4,10-11,17-18,20H,2,5-9,12-16H2,1H3/t17-,18-,20+/m0/s1. The van der Waals surface area contributed by atoms with Crippen molar-refractivity contribution in [3.63, 3.8) is 0 Å². The summed E-state index contributed by atoms with van der Waals surface area (Å²) in [5, 5.41) is 0. The van der Waals surface area contributed by atoms with Crippen molar-refractivity contribution in [1.29, 1.82) is 0 Å². The van der Waals surface area contributed by atoms with E-state index in [1.807, 2.05) is 41.0 Å². The molecule has 6 heteroatoms. The number of para-hydroxylation sites is 1.